The van der Waals surface area contributed by atoms with Crippen LogP contribution in [0.5, 0.6) is 5.75 Å². The molecule has 1 heterocycles. The molecule has 1 aromatic carbocycles. The Balaban J connectivity index is 1.83. The van der Waals surface area contributed by atoms with Crippen LogP contribution < -0.4 is 0 Å². The van der Waals surface area contributed by atoms with E-state index in [0.717, 1.165) is 28.8 Å². The fraction of sp³-hybridized carbons (Fsp3) is 0.350. The first-order valence-electron chi connectivity index (χ1n) is 8.16. The van der Waals surface area contributed by atoms with E-state index in [0.29, 0.717) is 6.04 Å². The molecule has 0 fully saturated rings. The molecule has 0 spiro atoms. The van der Waals surface area contributed by atoms with Crippen LogP contribution in [0.4, 0.5) is 0 Å². The molecular weight excluding hydrogens is 318 g/mol. The van der Waals surface area contributed by atoms with Gasteiger partial charge in [-0.05, 0) is 81.2 Å². The second kappa shape index (κ2) is 6.54. The van der Waals surface area contributed by atoms with E-state index in [-0.39, 0.29) is 11.5 Å². The number of likely N-dealkylation sites (N-methyl/N-ethyl adjacent to an activating group) is 1. The number of hydrogen-bond donors (Lipinski definition) is 1. The Hall–Kier alpha value is -1.91. The van der Waals surface area contributed by atoms with Crippen LogP contribution in [-0.4, -0.2) is 35.9 Å². The molecule has 0 aliphatic heterocycles. The van der Waals surface area contributed by atoms with Gasteiger partial charge in [-0.25, -0.2) is 0 Å². The smallest absolute Gasteiger partial charge is 0.196 e. The van der Waals surface area contributed by atoms with E-state index >= 15 is 0 Å². The predicted octanol–water partition coefficient (Wildman–Crippen LogP) is 4.00. The number of phenolic OH excluding ortho intramolecular Hbond substituents is 1. The molecule has 126 valence electrons. The molecule has 1 aliphatic rings. The Labute approximate surface area is 147 Å². The number of rotatable bonds is 4. The lowest BCUT2D eigenvalue weighted by atomic mass is 10.1. The summed E-state index contributed by atoms with van der Waals surface area (Å²) in [4.78, 5) is 17.1. The highest BCUT2D eigenvalue weighted by molar-refractivity contribution is 7.14. The van der Waals surface area contributed by atoms with Gasteiger partial charge in [0, 0.05) is 10.9 Å². The molecule has 24 heavy (non-hydrogen) atoms. The van der Waals surface area contributed by atoms with E-state index in [9.17, 15) is 9.90 Å². The number of aryl methyl sites for hydroxylation is 2. The highest BCUT2D eigenvalue weighted by Crippen LogP contribution is 2.36. The lowest BCUT2D eigenvalue weighted by molar-refractivity contribution is 0.105. The third-order valence-corrected chi connectivity index (χ3v) is 6.00. The molecule has 1 N–H and O–H groups in total. The maximum atomic E-state index is 12.7. The molecule has 0 bridgehead atoms. The van der Waals surface area contributed by atoms with Crippen LogP contribution in [-0.2, 0) is 12.8 Å². The van der Waals surface area contributed by atoms with Gasteiger partial charge in [0.1, 0.15) is 5.75 Å². The number of aromatic hydroxyl groups is 1. The number of hydrogen-bond acceptors (Lipinski definition) is 4. The largest absolute Gasteiger partial charge is 0.508 e. The Morgan fingerprint density at radius 3 is 2.62 bits per heavy atom. The topological polar surface area (TPSA) is 40.5 Å². The number of thiophene rings is 1. The van der Waals surface area contributed by atoms with Gasteiger partial charge in [0.25, 0.3) is 0 Å². The van der Waals surface area contributed by atoms with Gasteiger partial charge in [-0.15, -0.1) is 11.3 Å². The van der Waals surface area contributed by atoms with Crippen LogP contribution in [0.25, 0.3) is 6.08 Å². The van der Waals surface area contributed by atoms with Gasteiger partial charge in [0.15, 0.2) is 5.78 Å². The molecule has 1 atom stereocenters. The van der Waals surface area contributed by atoms with E-state index < -0.39 is 0 Å². The minimum absolute atomic E-state index is 0.0782. The number of benzene rings is 1. The lowest BCUT2D eigenvalue weighted by Crippen LogP contribution is -2.28. The first kappa shape index (κ1) is 16.9. The Kier molecular flexibility index (Phi) is 4.61. The number of allylic oxidation sites excluding steroid dienone is 1. The summed E-state index contributed by atoms with van der Waals surface area (Å²) in [6.45, 7) is 3.97. The lowest BCUT2D eigenvalue weighted by Gasteiger charge is -2.18. The SMILES string of the molecule is Cc1cc(/C=C/C(=O)c2sc(C)c3c2C[C@@H](N(C)C)C3)ccc1O. The Morgan fingerprint density at radius 1 is 1.25 bits per heavy atom. The van der Waals surface area contributed by atoms with Crippen LogP contribution >= 0.6 is 11.3 Å². The summed E-state index contributed by atoms with van der Waals surface area (Å²) in [7, 11) is 4.20. The summed E-state index contributed by atoms with van der Waals surface area (Å²) >= 11 is 1.62. The summed E-state index contributed by atoms with van der Waals surface area (Å²) < 4.78 is 0. The van der Waals surface area contributed by atoms with Gasteiger partial charge in [-0.3, -0.25) is 4.79 Å². The van der Waals surface area contributed by atoms with Crippen molar-refractivity contribution in [2.45, 2.75) is 32.7 Å². The number of fused-ring (bicyclic) bond motifs is 1. The molecule has 3 nitrogen and oxygen atoms in total. The average molecular weight is 341 g/mol. The first-order chi connectivity index (χ1) is 11.4. The molecule has 4 heteroatoms. The fourth-order valence-electron chi connectivity index (χ4n) is 3.25. The van der Waals surface area contributed by atoms with E-state index in [2.05, 4.69) is 25.9 Å². The number of ketones is 1. The maximum Gasteiger partial charge on any atom is 0.196 e. The molecular formula is C20H23NO2S. The van der Waals surface area contributed by atoms with Crippen LogP contribution in [0, 0.1) is 13.8 Å². The van der Waals surface area contributed by atoms with Crippen molar-refractivity contribution in [2.24, 2.45) is 0 Å². The van der Waals surface area contributed by atoms with Gasteiger partial charge < -0.3 is 10.0 Å². The summed E-state index contributed by atoms with van der Waals surface area (Å²) in [5, 5.41) is 9.58. The highest BCUT2D eigenvalue weighted by Gasteiger charge is 2.30. The zero-order valence-electron chi connectivity index (χ0n) is 14.6. The first-order valence-corrected chi connectivity index (χ1v) is 8.98. The maximum absolute atomic E-state index is 12.7. The molecule has 3 rings (SSSR count). The standard InChI is InChI=1S/C20H23NO2S/c1-12-9-14(5-7-18(12)22)6-8-19(23)20-17-11-15(21(3)4)10-16(17)13(2)24-20/h5-9,15,22H,10-11H2,1-4H3/b8-6+/t15-/m0/s1. The second-order valence-electron chi connectivity index (χ2n) is 6.71. The minimum Gasteiger partial charge on any atom is -0.508 e. The van der Waals surface area contributed by atoms with Crippen LogP contribution in [0.1, 0.15) is 36.8 Å². The van der Waals surface area contributed by atoms with Gasteiger partial charge in [-0.2, -0.15) is 0 Å². The van der Waals surface area contributed by atoms with Crippen molar-refractivity contribution in [3.05, 3.63) is 56.3 Å². The van der Waals surface area contributed by atoms with E-state index in [1.807, 2.05) is 25.1 Å². The summed E-state index contributed by atoms with van der Waals surface area (Å²) in [5.74, 6) is 0.356. The number of carbonyl (C=O) groups excluding carboxylic acids is 1. The molecule has 1 aromatic heterocycles. The Bertz CT molecular complexity index is 817. The van der Waals surface area contributed by atoms with E-state index in [4.69, 9.17) is 0 Å². The van der Waals surface area contributed by atoms with Crippen molar-refractivity contribution < 1.29 is 9.90 Å². The summed E-state index contributed by atoms with van der Waals surface area (Å²) in [5.41, 5.74) is 4.35. The third-order valence-electron chi connectivity index (χ3n) is 4.80. The molecule has 0 saturated heterocycles. The Morgan fingerprint density at radius 2 is 1.96 bits per heavy atom. The van der Waals surface area contributed by atoms with Crippen molar-refractivity contribution in [3.8, 4) is 5.75 Å². The monoisotopic (exact) mass is 341 g/mol. The number of phenols is 1. The second-order valence-corrected chi connectivity index (χ2v) is 7.94. The highest BCUT2D eigenvalue weighted by atomic mass is 32.1. The van der Waals surface area contributed by atoms with E-state index in [1.165, 1.54) is 16.0 Å². The van der Waals surface area contributed by atoms with Crippen molar-refractivity contribution in [1.82, 2.24) is 4.90 Å². The summed E-state index contributed by atoms with van der Waals surface area (Å²) in [6.07, 6.45) is 5.48. The predicted molar refractivity (Wildman–Crippen MR) is 100 cm³/mol. The van der Waals surface area contributed by atoms with Crippen molar-refractivity contribution in [3.63, 3.8) is 0 Å². The number of nitrogens with zero attached hydrogens (tertiary/aromatic N) is 1. The van der Waals surface area contributed by atoms with Crippen molar-refractivity contribution in [1.29, 1.82) is 0 Å². The van der Waals surface area contributed by atoms with Crippen LogP contribution in [0.2, 0.25) is 0 Å². The average Bonchev–Trinajstić information content (AvgIpc) is 3.09. The molecule has 0 amide bonds. The third kappa shape index (κ3) is 3.17. The van der Waals surface area contributed by atoms with Gasteiger partial charge in [-0.1, -0.05) is 12.1 Å². The zero-order chi connectivity index (χ0) is 17.4. The number of carbonyl (C=O) groups is 1. The van der Waals surface area contributed by atoms with Gasteiger partial charge >= 0.3 is 0 Å². The van der Waals surface area contributed by atoms with Crippen LogP contribution in [0.3, 0.4) is 0 Å². The quantitative estimate of drug-likeness (QED) is 0.675. The molecule has 0 radical (unpaired) electrons. The zero-order valence-corrected chi connectivity index (χ0v) is 15.4. The van der Waals surface area contributed by atoms with Gasteiger partial charge in [0.05, 0.1) is 4.88 Å². The molecule has 0 saturated carbocycles. The summed E-state index contributed by atoms with van der Waals surface area (Å²) in [6, 6.07) is 5.86. The molecule has 0 unspecified atom stereocenters. The van der Waals surface area contributed by atoms with Crippen molar-refractivity contribution in [2.75, 3.05) is 14.1 Å². The molecule has 2 aromatic rings. The van der Waals surface area contributed by atoms with Crippen molar-refractivity contribution >= 4 is 23.2 Å². The normalized spacial score (nSPS) is 17.0. The minimum atomic E-state index is 0.0782. The van der Waals surface area contributed by atoms with Gasteiger partial charge in [0.2, 0.25) is 0 Å². The fourth-order valence-corrected chi connectivity index (χ4v) is 4.38. The van der Waals surface area contributed by atoms with Crippen LogP contribution in [0.15, 0.2) is 24.3 Å². The van der Waals surface area contributed by atoms with E-state index in [1.54, 1.807) is 23.5 Å². The molecule has 1 aliphatic carbocycles.